The van der Waals surface area contributed by atoms with Crippen LogP contribution >= 0.6 is 0 Å². The monoisotopic (exact) mass is 292 g/mol. The van der Waals surface area contributed by atoms with Crippen LogP contribution in [0.2, 0.25) is 0 Å². The molecule has 1 aromatic heterocycles. The molecule has 0 spiro atoms. The van der Waals surface area contributed by atoms with Crippen molar-refractivity contribution in [3.8, 4) is 0 Å². The molecule has 0 radical (unpaired) electrons. The first-order valence-corrected chi connectivity index (χ1v) is 7.26. The summed E-state index contributed by atoms with van der Waals surface area (Å²) in [4.78, 5) is 26.5. The van der Waals surface area contributed by atoms with Crippen LogP contribution < -0.4 is 5.32 Å². The maximum Gasteiger partial charge on any atom is 0.335 e. The number of pyridine rings is 1. The van der Waals surface area contributed by atoms with Crippen molar-refractivity contribution in [2.75, 3.05) is 13.2 Å². The summed E-state index contributed by atoms with van der Waals surface area (Å²) in [5.41, 5.74) is 0.173. The smallest absolute Gasteiger partial charge is 0.335 e. The Morgan fingerprint density at radius 3 is 2.86 bits per heavy atom. The van der Waals surface area contributed by atoms with E-state index in [0.29, 0.717) is 19.3 Å². The van der Waals surface area contributed by atoms with Crippen molar-refractivity contribution in [1.82, 2.24) is 10.3 Å². The first-order valence-electron chi connectivity index (χ1n) is 7.26. The third kappa shape index (κ3) is 4.82. The number of rotatable bonds is 7. The van der Waals surface area contributed by atoms with Crippen LogP contribution in [0, 0.1) is 0 Å². The second kappa shape index (κ2) is 7.73. The highest BCUT2D eigenvalue weighted by molar-refractivity contribution is 5.95. The van der Waals surface area contributed by atoms with Gasteiger partial charge in [-0.3, -0.25) is 9.78 Å². The molecule has 6 nitrogen and oxygen atoms in total. The maximum atomic E-state index is 11.8. The Labute approximate surface area is 123 Å². The van der Waals surface area contributed by atoms with E-state index >= 15 is 0 Å². The van der Waals surface area contributed by atoms with Crippen molar-refractivity contribution in [3.05, 3.63) is 29.6 Å². The molecule has 2 N–H and O–H groups in total. The molecule has 1 heterocycles. The molecule has 114 valence electrons. The minimum atomic E-state index is -1.07. The number of nitrogens with zero attached hydrogens (tertiary/aromatic N) is 1. The topological polar surface area (TPSA) is 88.5 Å². The van der Waals surface area contributed by atoms with Gasteiger partial charge in [0.25, 0.3) is 5.91 Å². The number of carbonyl (C=O) groups is 2. The zero-order valence-electron chi connectivity index (χ0n) is 11.9. The predicted octanol–water partition coefficient (Wildman–Crippen LogP) is 1.86. The summed E-state index contributed by atoms with van der Waals surface area (Å²) in [5.74, 6) is -1.43. The third-order valence-corrected chi connectivity index (χ3v) is 3.50. The van der Waals surface area contributed by atoms with Crippen LogP contribution in [-0.4, -0.2) is 41.2 Å². The molecule has 21 heavy (non-hydrogen) atoms. The van der Waals surface area contributed by atoms with Crippen LogP contribution in [0.15, 0.2) is 18.3 Å². The van der Waals surface area contributed by atoms with Crippen LogP contribution in [0.4, 0.5) is 0 Å². The number of aromatic carboxylic acids is 1. The van der Waals surface area contributed by atoms with Gasteiger partial charge in [0, 0.05) is 19.3 Å². The molecule has 0 unspecified atom stereocenters. The fourth-order valence-corrected chi connectivity index (χ4v) is 2.36. The van der Waals surface area contributed by atoms with Crippen molar-refractivity contribution in [1.29, 1.82) is 0 Å². The summed E-state index contributed by atoms with van der Waals surface area (Å²) in [6.45, 7) is 1.12. The minimum Gasteiger partial charge on any atom is -0.478 e. The normalized spacial score (nSPS) is 15.0. The lowest BCUT2D eigenvalue weighted by Crippen LogP contribution is -2.26. The average molecular weight is 292 g/mol. The lowest BCUT2D eigenvalue weighted by Gasteiger charge is -2.11. The Bertz CT molecular complexity index is 498. The van der Waals surface area contributed by atoms with E-state index in [-0.39, 0.29) is 17.2 Å². The highest BCUT2D eigenvalue weighted by atomic mass is 16.5. The Kier molecular flexibility index (Phi) is 5.68. The summed E-state index contributed by atoms with van der Waals surface area (Å²) in [6.07, 6.45) is 7.20. The zero-order chi connectivity index (χ0) is 15.1. The van der Waals surface area contributed by atoms with Crippen molar-refractivity contribution in [3.63, 3.8) is 0 Å². The van der Waals surface area contributed by atoms with Crippen LogP contribution in [0.25, 0.3) is 0 Å². The van der Waals surface area contributed by atoms with Gasteiger partial charge in [0.2, 0.25) is 0 Å². The number of carbonyl (C=O) groups excluding carboxylic acids is 1. The molecule has 1 saturated carbocycles. The molecular weight excluding hydrogens is 272 g/mol. The fraction of sp³-hybridized carbons (Fsp3) is 0.533. The largest absolute Gasteiger partial charge is 0.478 e. The van der Waals surface area contributed by atoms with Crippen molar-refractivity contribution < 1.29 is 19.4 Å². The minimum absolute atomic E-state index is 0.0553. The molecule has 2 rings (SSSR count). The molecule has 1 aromatic rings. The highest BCUT2D eigenvalue weighted by Crippen LogP contribution is 2.20. The van der Waals surface area contributed by atoms with E-state index in [1.54, 1.807) is 0 Å². The molecule has 1 aliphatic rings. The van der Waals surface area contributed by atoms with Gasteiger partial charge in [-0.05, 0) is 31.4 Å². The second-order valence-corrected chi connectivity index (χ2v) is 5.12. The lowest BCUT2D eigenvalue weighted by molar-refractivity contribution is 0.0565. The van der Waals surface area contributed by atoms with E-state index in [9.17, 15) is 9.59 Å². The van der Waals surface area contributed by atoms with Gasteiger partial charge in [0.05, 0.1) is 11.7 Å². The van der Waals surface area contributed by atoms with Gasteiger partial charge in [-0.25, -0.2) is 4.79 Å². The van der Waals surface area contributed by atoms with E-state index in [2.05, 4.69) is 10.3 Å². The Hall–Kier alpha value is -1.95. The molecule has 1 fully saturated rings. The van der Waals surface area contributed by atoms with Gasteiger partial charge < -0.3 is 15.2 Å². The van der Waals surface area contributed by atoms with E-state index in [4.69, 9.17) is 9.84 Å². The molecule has 1 amide bonds. The molecule has 0 saturated heterocycles. The number of ether oxygens (including phenoxy) is 1. The average Bonchev–Trinajstić information content (AvgIpc) is 3.00. The summed E-state index contributed by atoms with van der Waals surface area (Å²) < 4.78 is 5.70. The molecular formula is C15H20N2O4. The van der Waals surface area contributed by atoms with E-state index in [1.165, 1.54) is 31.2 Å². The molecule has 0 aliphatic heterocycles. The van der Waals surface area contributed by atoms with Crippen LogP contribution in [0.5, 0.6) is 0 Å². The Balaban J connectivity index is 1.69. The number of hydrogen-bond acceptors (Lipinski definition) is 4. The third-order valence-electron chi connectivity index (χ3n) is 3.50. The number of hydrogen-bond donors (Lipinski definition) is 2. The van der Waals surface area contributed by atoms with Crippen molar-refractivity contribution in [2.24, 2.45) is 0 Å². The van der Waals surface area contributed by atoms with E-state index in [1.807, 2.05) is 0 Å². The van der Waals surface area contributed by atoms with Crippen LogP contribution in [-0.2, 0) is 4.74 Å². The molecule has 6 heteroatoms. The first-order chi connectivity index (χ1) is 10.2. The zero-order valence-corrected chi connectivity index (χ0v) is 11.9. The number of carboxylic acid groups (broad SMARTS) is 1. The Morgan fingerprint density at radius 1 is 1.38 bits per heavy atom. The molecule has 1 aliphatic carbocycles. The van der Waals surface area contributed by atoms with Crippen molar-refractivity contribution in [2.45, 2.75) is 38.2 Å². The lowest BCUT2D eigenvalue weighted by atomic mass is 10.2. The van der Waals surface area contributed by atoms with Gasteiger partial charge in [-0.2, -0.15) is 0 Å². The molecule has 0 bridgehead atoms. The van der Waals surface area contributed by atoms with Gasteiger partial charge in [0.15, 0.2) is 0 Å². The SMILES string of the molecule is O=C(O)c1ccnc(C(=O)NCCCOC2CCCC2)c1. The van der Waals surface area contributed by atoms with Gasteiger partial charge in [-0.15, -0.1) is 0 Å². The van der Waals surface area contributed by atoms with E-state index in [0.717, 1.165) is 19.3 Å². The number of nitrogens with one attached hydrogen (secondary N) is 1. The number of carboxylic acids is 1. The van der Waals surface area contributed by atoms with Gasteiger partial charge >= 0.3 is 5.97 Å². The first kappa shape index (κ1) is 15.4. The second-order valence-electron chi connectivity index (χ2n) is 5.12. The summed E-state index contributed by atoms with van der Waals surface area (Å²) in [6, 6.07) is 2.63. The van der Waals surface area contributed by atoms with Crippen LogP contribution in [0.3, 0.4) is 0 Å². The van der Waals surface area contributed by atoms with Crippen LogP contribution in [0.1, 0.15) is 53.0 Å². The summed E-state index contributed by atoms with van der Waals surface area (Å²) in [5, 5.41) is 11.6. The van der Waals surface area contributed by atoms with Gasteiger partial charge in [0.1, 0.15) is 5.69 Å². The standard InChI is InChI=1S/C15H20N2O4/c18-14(13-10-11(15(19)20)6-8-16-13)17-7-3-9-21-12-4-1-2-5-12/h6,8,10,12H,1-5,7,9H2,(H,17,18)(H,19,20). The van der Waals surface area contributed by atoms with Crippen molar-refractivity contribution >= 4 is 11.9 Å². The predicted molar refractivity (Wildman–Crippen MR) is 76.4 cm³/mol. The quantitative estimate of drug-likeness (QED) is 0.749. The number of aromatic nitrogens is 1. The molecule has 0 atom stereocenters. The fourth-order valence-electron chi connectivity index (χ4n) is 2.36. The summed E-state index contributed by atoms with van der Waals surface area (Å²) >= 11 is 0. The highest BCUT2D eigenvalue weighted by Gasteiger charge is 2.15. The molecule has 0 aromatic carbocycles. The summed E-state index contributed by atoms with van der Waals surface area (Å²) in [7, 11) is 0. The van der Waals surface area contributed by atoms with E-state index < -0.39 is 5.97 Å². The Morgan fingerprint density at radius 2 is 2.14 bits per heavy atom. The van der Waals surface area contributed by atoms with Gasteiger partial charge in [-0.1, -0.05) is 12.8 Å². The number of amides is 1. The maximum absolute atomic E-state index is 11.8.